The van der Waals surface area contributed by atoms with Crippen molar-refractivity contribution in [1.29, 1.82) is 0 Å². The monoisotopic (exact) mass is 309 g/mol. The zero-order valence-corrected chi connectivity index (χ0v) is 13.5. The molecule has 124 valence electrons. The van der Waals surface area contributed by atoms with Crippen LogP contribution in [0.3, 0.4) is 0 Å². The third-order valence-electron chi connectivity index (χ3n) is 5.01. The maximum Gasteiger partial charge on any atom is 0.458 e. The molecular weight excluding hydrogens is 281 g/mol. The number of ketones is 2. The predicted octanol–water partition coefficient (Wildman–Crippen LogP) is 1.86. The normalized spacial score (nSPS) is 32.8. The van der Waals surface area contributed by atoms with Crippen LogP contribution in [0.1, 0.15) is 64.7 Å². The van der Waals surface area contributed by atoms with Crippen molar-refractivity contribution in [2.75, 3.05) is 0 Å². The lowest BCUT2D eigenvalue weighted by Crippen LogP contribution is -2.38. The molecule has 6 heteroatoms. The first-order valence-electron chi connectivity index (χ1n) is 8.54. The number of hydrogen-bond acceptors (Lipinski definition) is 5. The molecule has 3 N–H and O–H groups in total. The van der Waals surface area contributed by atoms with E-state index >= 15 is 0 Å². The topological polar surface area (TPSA) is 89.6 Å². The van der Waals surface area contributed by atoms with Crippen molar-refractivity contribution in [3.8, 4) is 0 Å². The summed E-state index contributed by atoms with van der Waals surface area (Å²) in [6.45, 7) is 1.53. The fourth-order valence-corrected chi connectivity index (χ4v) is 3.68. The van der Waals surface area contributed by atoms with Crippen LogP contribution in [0.4, 0.5) is 0 Å². The molecule has 2 rings (SSSR count). The first-order chi connectivity index (χ1) is 10.4. The highest BCUT2D eigenvalue weighted by atomic mass is 16.5. The fourth-order valence-electron chi connectivity index (χ4n) is 3.68. The van der Waals surface area contributed by atoms with Crippen molar-refractivity contribution < 1.29 is 19.3 Å². The van der Waals surface area contributed by atoms with Gasteiger partial charge in [-0.25, -0.2) is 0 Å². The molecule has 0 aromatic carbocycles. The molecule has 0 aromatic heterocycles. The van der Waals surface area contributed by atoms with Gasteiger partial charge in [-0.1, -0.05) is 0 Å². The zero-order chi connectivity index (χ0) is 16.1. The average Bonchev–Trinajstić information content (AvgIpc) is 2.44. The molecule has 2 aliphatic rings. The first kappa shape index (κ1) is 17.6. The van der Waals surface area contributed by atoms with Gasteiger partial charge in [-0.2, -0.15) is 0 Å². The lowest BCUT2D eigenvalue weighted by molar-refractivity contribution is -0.121. The third-order valence-corrected chi connectivity index (χ3v) is 5.01. The Labute approximate surface area is 133 Å². The highest BCUT2D eigenvalue weighted by Gasteiger charge is 2.36. The second kappa shape index (κ2) is 8.23. The Kier molecular flexibility index (Phi) is 6.59. The molecule has 0 radical (unpaired) electrons. The summed E-state index contributed by atoms with van der Waals surface area (Å²) in [7, 11) is -0.915. The van der Waals surface area contributed by atoms with Crippen LogP contribution in [0, 0.1) is 5.92 Å². The largest absolute Gasteiger partial charge is 0.458 e. The van der Waals surface area contributed by atoms with E-state index in [2.05, 4.69) is 0 Å². The Morgan fingerprint density at radius 2 is 1.77 bits per heavy atom. The van der Waals surface area contributed by atoms with Crippen LogP contribution in [-0.2, 0) is 14.2 Å². The highest BCUT2D eigenvalue weighted by Crippen LogP contribution is 2.33. The van der Waals surface area contributed by atoms with Gasteiger partial charge >= 0.3 is 7.12 Å². The van der Waals surface area contributed by atoms with Crippen molar-refractivity contribution in [2.45, 2.75) is 82.7 Å². The number of hydrogen-bond donors (Lipinski definition) is 2. The molecule has 22 heavy (non-hydrogen) atoms. The Bertz CT molecular complexity index is 396. The zero-order valence-electron chi connectivity index (χ0n) is 13.5. The molecule has 0 amide bonds. The molecule has 1 heterocycles. The molecule has 1 aliphatic carbocycles. The summed E-state index contributed by atoms with van der Waals surface area (Å²) in [5, 5.41) is 10.0. The summed E-state index contributed by atoms with van der Waals surface area (Å²) >= 11 is 0. The average molecular weight is 309 g/mol. The standard InChI is InChI=1S/C16H28BNO4/c1-11(19)8-16-7-4-13(17(21)22-16)10-15(20)9-12-2-5-14(18)6-3-12/h12-14,16,21H,2-10,18H2,1H3/t12?,13-,14?,16+/m1/s1. The van der Waals surface area contributed by atoms with Gasteiger partial charge in [0.15, 0.2) is 0 Å². The number of carbonyl (C=O) groups excluding carboxylic acids is 2. The molecule has 5 nitrogen and oxygen atoms in total. The van der Waals surface area contributed by atoms with E-state index in [0.29, 0.717) is 31.2 Å². The minimum Gasteiger partial charge on any atom is -0.427 e. The van der Waals surface area contributed by atoms with E-state index in [4.69, 9.17) is 10.4 Å². The molecule has 0 spiro atoms. The van der Waals surface area contributed by atoms with Crippen molar-refractivity contribution in [3.05, 3.63) is 0 Å². The van der Waals surface area contributed by atoms with Gasteiger partial charge in [0.25, 0.3) is 0 Å². The molecule has 1 aliphatic heterocycles. The van der Waals surface area contributed by atoms with E-state index in [1.54, 1.807) is 0 Å². The maximum absolute atomic E-state index is 12.2. The van der Waals surface area contributed by atoms with Gasteiger partial charge in [0.1, 0.15) is 11.6 Å². The quantitative estimate of drug-likeness (QED) is 0.731. The van der Waals surface area contributed by atoms with Crippen LogP contribution in [-0.4, -0.2) is 35.9 Å². The summed E-state index contributed by atoms with van der Waals surface area (Å²) < 4.78 is 5.48. The second-order valence-electron chi connectivity index (χ2n) is 7.12. The minimum absolute atomic E-state index is 0.0715. The van der Waals surface area contributed by atoms with Gasteiger partial charge in [0, 0.05) is 37.2 Å². The first-order valence-corrected chi connectivity index (χ1v) is 8.54. The molecule has 2 atom stereocenters. The van der Waals surface area contributed by atoms with Crippen LogP contribution in [0.5, 0.6) is 0 Å². The van der Waals surface area contributed by atoms with E-state index in [1.165, 1.54) is 6.92 Å². The van der Waals surface area contributed by atoms with Gasteiger partial charge in [0.2, 0.25) is 0 Å². The van der Waals surface area contributed by atoms with Crippen LogP contribution >= 0.6 is 0 Å². The lowest BCUT2D eigenvalue weighted by Gasteiger charge is -2.31. The molecule has 0 bridgehead atoms. The minimum atomic E-state index is -0.915. The number of nitrogens with two attached hydrogens (primary N) is 1. The summed E-state index contributed by atoms with van der Waals surface area (Å²) in [5.74, 6) is 0.626. The van der Waals surface area contributed by atoms with Gasteiger partial charge in [-0.15, -0.1) is 0 Å². The number of carbonyl (C=O) groups is 2. The van der Waals surface area contributed by atoms with E-state index in [0.717, 1.165) is 38.5 Å². The van der Waals surface area contributed by atoms with Gasteiger partial charge in [-0.05, 0) is 51.4 Å². The van der Waals surface area contributed by atoms with Gasteiger partial charge in [-0.3, -0.25) is 9.59 Å². The molecule has 1 saturated carbocycles. The highest BCUT2D eigenvalue weighted by molar-refractivity contribution is 6.45. The summed E-state index contributed by atoms with van der Waals surface area (Å²) in [4.78, 5) is 23.3. The van der Waals surface area contributed by atoms with Crippen LogP contribution in [0.2, 0.25) is 5.82 Å². The number of Topliss-reactive ketones (excluding diaryl/α,β-unsaturated/α-hetero) is 2. The second-order valence-corrected chi connectivity index (χ2v) is 7.12. The molecular formula is C16H28BNO4. The van der Waals surface area contributed by atoms with Crippen LogP contribution < -0.4 is 5.73 Å². The molecule has 1 saturated heterocycles. The van der Waals surface area contributed by atoms with Crippen molar-refractivity contribution >= 4 is 18.7 Å². The van der Waals surface area contributed by atoms with E-state index in [-0.39, 0.29) is 23.5 Å². The van der Waals surface area contributed by atoms with Crippen molar-refractivity contribution in [1.82, 2.24) is 0 Å². The molecule has 0 unspecified atom stereocenters. The fraction of sp³-hybridized carbons (Fsp3) is 0.875. The van der Waals surface area contributed by atoms with Gasteiger partial charge < -0.3 is 15.4 Å². The van der Waals surface area contributed by atoms with Crippen LogP contribution in [0.15, 0.2) is 0 Å². The Morgan fingerprint density at radius 1 is 1.09 bits per heavy atom. The Balaban J connectivity index is 1.72. The third kappa shape index (κ3) is 5.49. The molecule has 2 fully saturated rings. The van der Waals surface area contributed by atoms with Crippen molar-refractivity contribution in [2.24, 2.45) is 11.7 Å². The Morgan fingerprint density at radius 3 is 2.36 bits per heavy atom. The smallest absolute Gasteiger partial charge is 0.427 e. The lowest BCUT2D eigenvalue weighted by atomic mass is 9.64. The van der Waals surface area contributed by atoms with Crippen molar-refractivity contribution in [3.63, 3.8) is 0 Å². The summed E-state index contributed by atoms with van der Waals surface area (Å²) in [6, 6.07) is 0.304. The van der Waals surface area contributed by atoms with Gasteiger partial charge in [0.05, 0.1) is 0 Å². The molecule has 0 aromatic rings. The maximum atomic E-state index is 12.2. The Hall–Kier alpha value is -0.715. The summed E-state index contributed by atoms with van der Waals surface area (Å²) in [6.07, 6.45) is 6.74. The van der Waals surface area contributed by atoms with E-state index in [1.807, 2.05) is 0 Å². The van der Waals surface area contributed by atoms with E-state index < -0.39 is 7.12 Å². The SMILES string of the molecule is CC(=O)C[C@@H]1CC[C@H](CC(=O)CC2CCC(N)CC2)B(O)O1. The van der Waals surface area contributed by atoms with Crippen LogP contribution in [0.25, 0.3) is 0 Å². The number of rotatable bonds is 6. The predicted molar refractivity (Wildman–Crippen MR) is 85.3 cm³/mol. The summed E-state index contributed by atoms with van der Waals surface area (Å²) in [5.41, 5.74) is 5.88. The van der Waals surface area contributed by atoms with E-state index in [9.17, 15) is 14.6 Å².